The number of carbonyl (C=O) groups is 1. The zero-order valence-electron chi connectivity index (χ0n) is 12.6. The maximum atomic E-state index is 11.7. The molecular weight excluding hydrogens is 254 g/mol. The fourth-order valence-electron chi connectivity index (χ4n) is 1.61. The fraction of sp³-hybridized carbons (Fsp3) is 0.562. The molecule has 1 N–H and O–H groups in total. The van der Waals surface area contributed by atoms with E-state index in [1.165, 1.54) is 17.5 Å². The molecule has 0 heterocycles. The Morgan fingerprint density at radius 1 is 1.32 bits per heavy atom. The van der Waals surface area contributed by atoms with E-state index in [2.05, 4.69) is 51.5 Å². The maximum Gasteiger partial charge on any atom is 0.230 e. The smallest absolute Gasteiger partial charge is 0.230 e. The van der Waals surface area contributed by atoms with Gasteiger partial charge in [-0.2, -0.15) is 0 Å². The van der Waals surface area contributed by atoms with Gasteiger partial charge in [-0.3, -0.25) is 9.52 Å². The molecule has 0 aliphatic heterocycles. The quantitative estimate of drug-likeness (QED) is 0.801. The third-order valence-electron chi connectivity index (χ3n) is 2.93. The van der Waals surface area contributed by atoms with Crippen molar-refractivity contribution in [1.29, 1.82) is 0 Å². The van der Waals surface area contributed by atoms with Gasteiger partial charge in [0.2, 0.25) is 5.91 Å². The second kappa shape index (κ2) is 6.99. The van der Waals surface area contributed by atoms with E-state index in [9.17, 15) is 4.79 Å². The Labute approximate surface area is 121 Å². The molecular formula is C16H25NOS. The second-order valence-electron chi connectivity index (χ2n) is 6.34. The van der Waals surface area contributed by atoms with Crippen molar-refractivity contribution in [2.75, 3.05) is 0 Å². The van der Waals surface area contributed by atoms with Gasteiger partial charge in [-0.05, 0) is 47.4 Å². The predicted molar refractivity (Wildman–Crippen MR) is 83.2 cm³/mol. The van der Waals surface area contributed by atoms with E-state index in [-0.39, 0.29) is 11.3 Å². The molecule has 0 atom stereocenters. The molecule has 0 saturated carbocycles. The van der Waals surface area contributed by atoms with E-state index in [1.807, 2.05) is 12.1 Å². The molecule has 3 heteroatoms. The van der Waals surface area contributed by atoms with E-state index in [4.69, 9.17) is 0 Å². The minimum absolute atomic E-state index is 0.111. The van der Waals surface area contributed by atoms with Gasteiger partial charge in [0.25, 0.3) is 0 Å². The van der Waals surface area contributed by atoms with Crippen LogP contribution in [-0.2, 0) is 10.2 Å². The number of carbonyl (C=O) groups excluding carboxylic acids is 1. The van der Waals surface area contributed by atoms with Gasteiger partial charge in [-0.15, -0.1) is 0 Å². The summed E-state index contributed by atoms with van der Waals surface area (Å²) in [6.45, 7) is 10.8. The molecule has 0 unspecified atom stereocenters. The van der Waals surface area contributed by atoms with Crippen molar-refractivity contribution < 1.29 is 4.79 Å². The molecule has 0 aromatic heterocycles. The van der Waals surface area contributed by atoms with Crippen LogP contribution in [0.3, 0.4) is 0 Å². The Kier molecular flexibility index (Phi) is 5.92. The van der Waals surface area contributed by atoms with Crippen LogP contribution in [0.4, 0.5) is 0 Å². The molecule has 0 fully saturated rings. The second-order valence-corrected chi connectivity index (χ2v) is 7.22. The van der Waals surface area contributed by atoms with Crippen LogP contribution in [-0.4, -0.2) is 5.91 Å². The highest BCUT2D eigenvalue weighted by molar-refractivity contribution is 7.98. The summed E-state index contributed by atoms with van der Waals surface area (Å²) in [5.41, 5.74) is 1.42. The average molecular weight is 279 g/mol. The molecule has 1 aromatic carbocycles. The van der Waals surface area contributed by atoms with Crippen LogP contribution in [0.1, 0.15) is 53.0 Å². The molecule has 0 aliphatic carbocycles. The maximum absolute atomic E-state index is 11.7. The summed E-state index contributed by atoms with van der Waals surface area (Å²) < 4.78 is 2.91. The van der Waals surface area contributed by atoms with Crippen molar-refractivity contribution >= 4 is 17.9 Å². The predicted octanol–water partition coefficient (Wildman–Crippen LogP) is 4.54. The van der Waals surface area contributed by atoms with Gasteiger partial charge in [-0.25, -0.2) is 0 Å². The molecule has 1 amide bonds. The van der Waals surface area contributed by atoms with Gasteiger partial charge in [0.1, 0.15) is 0 Å². The van der Waals surface area contributed by atoms with Crippen molar-refractivity contribution in [3.8, 4) is 0 Å². The van der Waals surface area contributed by atoms with Crippen molar-refractivity contribution in [1.82, 2.24) is 4.72 Å². The first-order valence-corrected chi connectivity index (χ1v) is 7.67. The molecule has 1 aromatic rings. The normalized spacial score (nSPS) is 11.7. The lowest BCUT2D eigenvalue weighted by Gasteiger charge is -2.19. The Morgan fingerprint density at radius 3 is 2.58 bits per heavy atom. The van der Waals surface area contributed by atoms with Crippen LogP contribution in [0.2, 0.25) is 0 Å². The summed E-state index contributed by atoms with van der Waals surface area (Å²) in [6.07, 6.45) is 1.54. The highest BCUT2D eigenvalue weighted by atomic mass is 32.2. The van der Waals surface area contributed by atoms with Crippen molar-refractivity contribution in [2.45, 2.75) is 57.8 Å². The standard InChI is InChI=1S/C16H25NOS/c1-12(2)9-10-15(18)17-19-14-8-6-7-13(11-14)16(3,4)5/h6-8,11-12H,9-10H2,1-5H3,(H,17,18). The van der Waals surface area contributed by atoms with E-state index in [0.29, 0.717) is 12.3 Å². The molecule has 1 rings (SSSR count). The summed E-state index contributed by atoms with van der Waals surface area (Å²) in [5, 5.41) is 0. The zero-order valence-corrected chi connectivity index (χ0v) is 13.4. The summed E-state index contributed by atoms with van der Waals surface area (Å²) in [7, 11) is 0. The lowest BCUT2D eigenvalue weighted by molar-refractivity contribution is -0.119. The molecule has 2 nitrogen and oxygen atoms in total. The summed E-state index contributed by atoms with van der Waals surface area (Å²) >= 11 is 1.41. The van der Waals surface area contributed by atoms with Crippen LogP contribution in [0.5, 0.6) is 0 Å². The third-order valence-corrected chi connectivity index (χ3v) is 3.75. The molecule has 0 aliphatic rings. The first-order chi connectivity index (χ1) is 8.79. The van der Waals surface area contributed by atoms with Gasteiger partial charge in [-0.1, -0.05) is 46.8 Å². The van der Waals surface area contributed by atoms with Gasteiger partial charge >= 0.3 is 0 Å². The van der Waals surface area contributed by atoms with E-state index < -0.39 is 0 Å². The molecule has 0 saturated heterocycles. The van der Waals surface area contributed by atoms with E-state index in [0.717, 1.165) is 11.3 Å². The summed E-state index contributed by atoms with van der Waals surface area (Å²) in [5.74, 6) is 0.680. The van der Waals surface area contributed by atoms with Crippen LogP contribution in [0.25, 0.3) is 0 Å². The molecule has 106 valence electrons. The van der Waals surface area contributed by atoms with Crippen LogP contribution >= 0.6 is 11.9 Å². The van der Waals surface area contributed by atoms with Gasteiger partial charge in [0.15, 0.2) is 0 Å². The molecule has 0 spiro atoms. The molecule has 0 radical (unpaired) electrons. The van der Waals surface area contributed by atoms with Crippen molar-refractivity contribution in [3.63, 3.8) is 0 Å². The average Bonchev–Trinajstić information content (AvgIpc) is 2.33. The Balaban J connectivity index is 2.52. The minimum Gasteiger partial charge on any atom is -0.296 e. The topological polar surface area (TPSA) is 29.1 Å². The van der Waals surface area contributed by atoms with Gasteiger partial charge in [0, 0.05) is 11.3 Å². The Bertz CT molecular complexity index is 421. The highest BCUT2D eigenvalue weighted by Gasteiger charge is 2.14. The van der Waals surface area contributed by atoms with E-state index >= 15 is 0 Å². The first kappa shape index (κ1) is 16.1. The number of amides is 1. The third kappa shape index (κ3) is 6.15. The SMILES string of the molecule is CC(C)CCC(=O)NSc1cccc(C(C)(C)C)c1. The van der Waals surface area contributed by atoms with Crippen LogP contribution in [0.15, 0.2) is 29.2 Å². The monoisotopic (exact) mass is 279 g/mol. The largest absolute Gasteiger partial charge is 0.296 e. The number of hydrogen-bond acceptors (Lipinski definition) is 2. The van der Waals surface area contributed by atoms with Crippen LogP contribution < -0.4 is 4.72 Å². The molecule has 0 bridgehead atoms. The fourth-order valence-corrected chi connectivity index (χ4v) is 2.28. The number of hydrogen-bond donors (Lipinski definition) is 1. The zero-order chi connectivity index (χ0) is 14.5. The van der Waals surface area contributed by atoms with Crippen LogP contribution in [0, 0.1) is 5.92 Å². The first-order valence-electron chi connectivity index (χ1n) is 6.85. The minimum atomic E-state index is 0.111. The van der Waals surface area contributed by atoms with Gasteiger partial charge in [0.05, 0.1) is 0 Å². The summed E-state index contributed by atoms with van der Waals surface area (Å²) in [4.78, 5) is 12.8. The Morgan fingerprint density at radius 2 is 2.00 bits per heavy atom. The van der Waals surface area contributed by atoms with Crippen molar-refractivity contribution in [3.05, 3.63) is 29.8 Å². The number of nitrogens with one attached hydrogen (secondary N) is 1. The van der Waals surface area contributed by atoms with Gasteiger partial charge < -0.3 is 0 Å². The summed E-state index contributed by atoms with van der Waals surface area (Å²) in [6, 6.07) is 8.35. The molecule has 19 heavy (non-hydrogen) atoms. The van der Waals surface area contributed by atoms with E-state index in [1.54, 1.807) is 0 Å². The number of benzene rings is 1. The highest BCUT2D eigenvalue weighted by Crippen LogP contribution is 2.26. The number of rotatable bonds is 5. The van der Waals surface area contributed by atoms with Crippen molar-refractivity contribution in [2.24, 2.45) is 5.92 Å². The lowest BCUT2D eigenvalue weighted by Crippen LogP contribution is -2.16. The Hall–Kier alpha value is -0.960. The lowest BCUT2D eigenvalue weighted by atomic mass is 9.87.